The van der Waals surface area contributed by atoms with E-state index in [0.717, 1.165) is 11.1 Å². The van der Waals surface area contributed by atoms with Crippen LogP contribution in [0.15, 0.2) is 36.4 Å². The minimum atomic E-state index is -0.412. The second kappa shape index (κ2) is 8.64. The summed E-state index contributed by atoms with van der Waals surface area (Å²) in [6.45, 7) is 3.61. The van der Waals surface area contributed by atoms with Crippen molar-refractivity contribution < 1.29 is 23.9 Å². The van der Waals surface area contributed by atoms with Gasteiger partial charge in [0.1, 0.15) is 0 Å². The molecule has 0 fully saturated rings. The standard InChI is InChI=1S/C21H23N3O5/c1-13-4-5-14(2)16(8-13)23-19(25)11-24(3)20(26)10-22-21(27)15-6-7-17-18(9-15)29-12-28-17/h4-9H,10-12H2,1-3H3,(H,22,27)(H,23,25). The van der Waals surface area contributed by atoms with Crippen molar-refractivity contribution in [2.45, 2.75) is 13.8 Å². The van der Waals surface area contributed by atoms with E-state index in [1.54, 1.807) is 18.2 Å². The van der Waals surface area contributed by atoms with Crippen LogP contribution < -0.4 is 20.1 Å². The van der Waals surface area contributed by atoms with Crippen molar-refractivity contribution in [3.8, 4) is 11.5 Å². The predicted molar refractivity (Wildman–Crippen MR) is 107 cm³/mol. The predicted octanol–water partition coefficient (Wildman–Crippen LogP) is 1.86. The Labute approximate surface area is 168 Å². The molecule has 0 spiro atoms. The van der Waals surface area contributed by atoms with Crippen LogP contribution in [0.25, 0.3) is 0 Å². The van der Waals surface area contributed by atoms with Crippen LogP contribution in [-0.4, -0.2) is 49.6 Å². The number of carbonyl (C=O) groups excluding carboxylic acids is 3. The number of nitrogens with one attached hydrogen (secondary N) is 2. The van der Waals surface area contributed by atoms with Gasteiger partial charge in [0.05, 0.1) is 13.1 Å². The van der Waals surface area contributed by atoms with Gasteiger partial charge in [0, 0.05) is 18.3 Å². The number of aryl methyl sites for hydroxylation is 2. The molecule has 1 heterocycles. The molecule has 2 N–H and O–H groups in total. The zero-order chi connectivity index (χ0) is 21.0. The molecule has 8 heteroatoms. The SMILES string of the molecule is Cc1ccc(C)c(NC(=O)CN(C)C(=O)CNC(=O)c2ccc3c(c2)OCO3)c1. The third kappa shape index (κ3) is 5.04. The zero-order valence-electron chi connectivity index (χ0n) is 16.6. The Morgan fingerprint density at radius 1 is 1.03 bits per heavy atom. The van der Waals surface area contributed by atoms with Gasteiger partial charge in [-0.25, -0.2) is 0 Å². The number of nitrogens with zero attached hydrogens (tertiary/aromatic N) is 1. The third-order valence-electron chi connectivity index (χ3n) is 4.51. The van der Waals surface area contributed by atoms with Crippen molar-refractivity contribution >= 4 is 23.4 Å². The summed E-state index contributed by atoms with van der Waals surface area (Å²) in [4.78, 5) is 38.0. The van der Waals surface area contributed by atoms with Crippen molar-refractivity contribution in [3.63, 3.8) is 0 Å². The summed E-state index contributed by atoms with van der Waals surface area (Å²) < 4.78 is 10.4. The van der Waals surface area contributed by atoms with Gasteiger partial charge in [0.25, 0.3) is 5.91 Å². The number of ether oxygens (including phenoxy) is 2. The van der Waals surface area contributed by atoms with Gasteiger partial charge < -0.3 is 25.0 Å². The van der Waals surface area contributed by atoms with Crippen LogP contribution in [0.2, 0.25) is 0 Å². The number of hydrogen-bond donors (Lipinski definition) is 2. The molecule has 152 valence electrons. The maximum Gasteiger partial charge on any atom is 0.251 e. The van der Waals surface area contributed by atoms with Crippen LogP contribution >= 0.6 is 0 Å². The number of fused-ring (bicyclic) bond motifs is 1. The minimum Gasteiger partial charge on any atom is -0.454 e. The van der Waals surface area contributed by atoms with Gasteiger partial charge in [0.2, 0.25) is 18.6 Å². The fourth-order valence-corrected chi connectivity index (χ4v) is 2.79. The lowest BCUT2D eigenvalue weighted by Gasteiger charge is -2.18. The quantitative estimate of drug-likeness (QED) is 0.776. The Balaban J connectivity index is 1.49. The smallest absolute Gasteiger partial charge is 0.251 e. The lowest BCUT2D eigenvalue weighted by atomic mass is 10.1. The maximum absolute atomic E-state index is 12.3. The number of benzene rings is 2. The van der Waals surface area contributed by atoms with E-state index < -0.39 is 5.91 Å². The van der Waals surface area contributed by atoms with Crippen LogP contribution in [-0.2, 0) is 9.59 Å². The molecular formula is C21H23N3O5. The van der Waals surface area contributed by atoms with E-state index in [2.05, 4.69) is 10.6 Å². The van der Waals surface area contributed by atoms with Gasteiger partial charge in [-0.05, 0) is 49.2 Å². The molecule has 0 saturated carbocycles. The second-order valence-electron chi connectivity index (χ2n) is 6.87. The number of hydrogen-bond acceptors (Lipinski definition) is 5. The van der Waals surface area contributed by atoms with Crippen molar-refractivity contribution in [2.24, 2.45) is 0 Å². The lowest BCUT2D eigenvalue weighted by molar-refractivity contribution is -0.132. The molecule has 3 amide bonds. The first kappa shape index (κ1) is 20.2. The molecule has 0 bridgehead atoms. The van der Waals surface area contributed by atoms with Crippen molar-refractivity contribution in [2.75, 3.05) is 32.2 Å². The molecule has 0 atom stereocenters. The number of rotatable bonds is 6. The first-order chi connectivity index (χ1) is 13.8. The molecule has 1 aliphatic heterocycles. The number of carbonyl (C=O) groups is 3. The van der Waals surface area contributed by atoms with Crippen LogP contribution in [0.4, 0.5) is 5.69 Å². The van der Waals surface area contributed by atoms with E-state index in [0.29, 0.717) is 22.7 Å². The topological polar surface area (TPSA) is 97.0 Å². The Kier molecular flexibility index (Phi) is 6.01. The fraction of sp³-hybridized carbons (Fsp3) is 0.286. The van der Waals surface area contributed by atoms with E-state index in [1.165, 1.54) is 11.9 Å². The summed E-state index contributed by atoms with van der Waals surface area (Å²) in [5, 5.41) is 5.36. The first-order valence-corrected chi connectivity index (χ1v) is 9.12. The maximum atomic E-state index is 12.3. The summed E-state index contributed by atoms with van der Waals surface area (Å²) in [5.74, 6) is -0.0341. The molecule has 29 heavy (non-hydrogen) atoms. The molecule has 0 radical (unpaired) electrons. The van der Waals surface area contributed by atoms with E-state index in [4.69, 9.17) is 9.47 Å². The highest BCUT2D eigenvalue weighted by Gasteiger charge is 2.18. The highest BCUT2D eigenvalue weighted by molar-refractivity contribution is 5.98. The van der Waals surface area contributed by atoms with Crippen LogP contribution in [0, 0.1) is 13.8 Å². The molecule has 0 aromatic heterocycles. The van der Waals surface area contributed by atoms with Gasteiger partial charge >= 0.3 is 0 Å². The molecule has 2 aromatic carbocycles. The number of likely N-dealkylation sites (N-methyl/N-ethyl adjacent to an activating group) is 1. The molecule has 0 saturated heterocycles. The van der Waals surface area contributed by atoms with Gasteiger partial charge in [-0.3, -0.25) is 14.4 Å². The molecule has 0 aliphatic carbocycles. The summed E-state index contributed by atoms with van der Waals surface area (Å²) >= 11 is 0. The van der Waals surface area contributed by atoms with E-state index in [-0.39, 0.29) is 31.7 Å². The molecule has 0 unspecified atom stereocenters. The van der Waals surface area contributed by atoms with E-state index >= 15 is 0 Å². The Morgan fingerprint density at radius 2 is 1.79 bits per heavy atom. The van der Waals surface area contributed by atoms with Gasteiger partial charge in [-0.15, -0.1) is 0 Å². The van der Waals surface area contributed by atoms with Gasteiger partial charge in [-0.1, -0.05) is 12.1 Å². The highest BCUT2D eigenvalue weighted by atomic mass is 16.7. The van der Waals surface area contributed by atoms with Crippen molar-refractivity contribution in [1.29, 1.82) is 0 Å². The molecule has 3 rings (SSSR count). The van der Waals surface area contributed by atoms with E-state index in [9.17, 15) is 14.4 Å². The number of amides is 3. The largest absolute Gasteiger partial charge is 0.454 e. The summed E-state index contributed by atoms with van der Waals surface area (Å²) in [6.07, 6.45) is 0. The summed E-state index contributed by atoms with van der Waals surface area (Å²) in [6, 6.07) is 10.6. The molecular weight excluding hydrogens is 374 g/mol. The minimum absolute atomic E-state index is 0.119. The third-order valence-corrected chi connectivity index (χ3v) is 4.51. The Bertz CT molecular complexity index is 957. The molecule has 8 nitrogen and oxygen atoms in total. The average Bonchev–Trinajstić information content (AvgIpc) is 3.16. The number of anilines is 1. The normalized spacial score (nSPS) is 11.7. The Morgan fingerprint density at radius 3 is 2.59 bits per heavy atom. The average molecular weight is 397 g/mol. The molecule has 2 aromatic rings. The van der Waals surface area contributed by atoms with Crippen LogP contribution in [0.1, 0.15) is 21.5 Å². The van der Waals surface area contributed by atoms with E-state index in [1.807, 2.05) is 32.0 Å². The lowest BCUT2D eigenvalue weighted by Crippen LogP contribution is -2.41. The van der Waals surface area contributed by atoms with Gasteiger partial charge in [-0.2, -0.15) is 0 Å². The van der Waals surface area contributed by atoms with Crippen molar-refractivity contribution in [3.05, 3.63) is 53.1 Å². The highest BCUT2D eigenvalue weighted by Crippen LogP contribution is 2.32. The van der Waals surface area contributed by atoms with Crippen LogP contribution in [0.3, 0.4) is 0 Å². The second-order valence-corrected chi connectivity index (χ2v) is 6.87. The summed E-state index contributed by atoms with van der Waals surface area (Å²) in [7, 11) is 1.51. The summed E-state index contributed by atoms with van der Waals surface area (Å²) in [5.41, 5.74) is 3.04. The Hall–Kier alpha value is -3.55. The fourth-order valence-electron chi connectivity index (χ4n) is 2.79. The zero-order valence-corrected chi connectivity index (χ0v) is 16.6. The monoisotopic (exact) mass is 397 g/mol. The first-order valence-electron chi connectivity index (χ1n) is 9.12. The molecule has 1 aliphatic rings. The van der Waals surface area contributed by atoms with Crippen molar-refractivity contribution in [1.82, 2.24) is 10.2 Å². The van der Waals surface area contributed by atoms with Crippen LogP contribution in [0.5, 0.6) is 11.5 Å². The van der Waals surface area contributed by atoms with Gasteiger partial charge in [0.15, 0.2) is 11.5 Å².